The molecule has 0 heterocycles. The first-order valence-corrected chi connectivity index (χ1v) is 9.95. The van der Waals surface area contributed by atoms with E-state index in [0.717, 1.165) is 19.6 Å². The first-order valence-electron chi connectivity index (χ1n) is 9.57. The Hall–Kier alpha value is -1.30. The highest BCUT2D eigenvalue weighted by atomic mass is 35.5. The van der Waals surface area contributed by atoms with E-state index in [0.29, 0.717) is 28.6 Å². The SMILES string of the molecule is CC1(OCCN[C@H]2C[C@@H](NC(=O)COc3ccc(Cl)cc3)C3CC32)CC1. The standard InChI is InChI=1S/C20H27ClN2O3/c1-20(6-7-20)26-9-8-22-17-11-18(16-10-15(16)17)23-19(24)12-25-14-4-2-13(21)3-5-14/h2-5,15-18,22H,6-12H2,1H3,(H,23,24)/t15?,16?,17-,18+/m0/s1. The van der Waals surface area contributed by atoms with Crippen molar-refractivity contribution in [3.05, 3.63) is 29.3 Å². The van der Waals surface area contributed by atoms with Crippen LogP contribution in [0.2, 0.25) is 5.02 Å². The van der Waals surface area contributed by atoms with Gasteiger partial charge in [-0.15, -0.1) is 0 Å². The summed E-state index contributed by atoms with van der Waals surface area (Å²) >= 11 is 5.84. The molecular formula is C20H27ClN2O3. The van der Waals surface area contributed by atoms with Crippen LogP contribution in [0.15, 0.2) is 24.3 Å². The minimum Gasteiger partial charge on any atom is -0.484 e. The molecule has 3 aliphatic rings. The van der Waals surface area contributed by atoms with Crippen LogP contribution in [-0.2, 0) is 9.53 Å². The van der Waals surface area contributed by atoms with E-state index < -0.39 is 0 Å². The van der Waals surface area contributed by atoms with Gasteiger partial charge in [0.2, 0.25) is 0 Å². The molecule has 0 radical (unpaired) electrons. The average Bonchev–Trinajstić information content (AvgIpc) is 3.53. The third-order valence-corrected chi connectivity index (χ3v) is 6.13. The summed E-state index contributed by atoms with van der Waals surface area (Å²) in [5.41, 5.74) is 0.153. The number of ether oxygens (including phenoxy) is 2. The third-order valence-electron chi connectivity index (χ3n) is 5.88. The maximum atomic E-state index is 12.2. The van der Waals surface area contributed by atoms with Gasteiger partial charge in [0.05, 0.1) is 12.2 Å². The van der Waals surface area contributed by atoms with Gasteiger partial charge in [0.15, 0.2) is 6.61 Å². The van der Waals surface area contributed by atoms with E-state index in [4.69, 9.17) is 21.1 Å². The number of nitrogens with one attached hydrogen (secondary N) is 2. The van der Waals surface area contributed by atoms with Crippen LogP contribution in [0.3, 0.4) is 0 Å². The van der Waals surface area contributed by atoms with E-state index in [-0.39, 0.29) is 24.2 Å². The molecule has 142 valence electrons. The highest BCUT2D eigenvalue weighted by Crippen LogP contribution is 2.51. The number of carbonyl (C=O) groups excluding carboxylic acids is 1. The lowest BCUT2D eigenvalue weighted by molar-refractivity contribution is -0.123. The Kier molecular flexibility index (Phi) is 5.13. The van der Waals surface area contributed by atoms with Crippen molar-refractivity contribution in [3.63, 3.8) is 0 Å². The van der Waals surface area contributed by atoms with Crippen molar-refractivity contribution in [2.75, 3.05) is 19.8 Å². The van der Waals surface area contributed by atoms with Crippen LogP contribution in [0, 0.1) is 11.8 Å². The Morgan fingerprint density at radius 3 is 2.65 bits per heavy atom. The Morgan fingerprint density at radius 1 is 1.19 bits per heavy atom. The molecule has 1 aromatic rings. The Bertz CT molecular complexity index is 647. The normalized spacial score (nSPS) is 30.5. The zero-order valence-electron chi connectivity index (χ0n) is 15.2. The molecule has 0 aromatic heterocycles. The summed E-state index contributed by atoms with van der Waals surface area (Å²) in [6.45, 7) is 3.89. The van der Waals surface area contributed by atoms with Crippen LogP contribution in [0.4, 0.5) is 0 Å². The van der Waals surface area contributed by atoms with Gasteiger partial charge in [-0.25, -0.2) is 0 Å². The predicted octanol–water partition coefficient (Wildman–Crippen LogP) is 2.77. The number of amides is 1. The second kappa shape index (κ2) is 7.37. The van der Waals surface area contributed by atoms with Crippen molar-refractivity contribution in [2.24, 2.45) is 11.8 Å². The number of rotatable bonds is 9. The molecule has 1 amide bonds. The molecule has 3 aliphatic carbocycles. The van der Waals surface area contributed by atoms with E-state index in [1.54, 1.807) is 24.3 Å². The molecule has 4 atom stereocenters. The van der Waals surface area contributed by atoms with Crippen molar-refractivity contribution >= 4 is 17.5 Å². The lowest BCUT2D eigenvalue weighted by Gasteiger charge is -2.19. The fourth-order valence-corrected chi connectivity index (χ4v) is 4.10. The minimum atomic E-state index is -0.0544. The summed E-state index contributed by atoms with van der Waals surface area (Å²) in [6, 6.07) is 7.81. The zero-order valence-corrected chi connectivity index (χ0v) is 15.9. The number of benzene rings is 1. The maximum Gasteiger partial charge on any atom is 0.258 e. The molecule has 0 bridgehead atoms. The van der Waals surface area contributed by atoms with Gasteiger partial charge < -0.3 is 20.1 Å². The second-order valence-electron chi connectivity index (χ2n) is 8.07. The van der Waals surface area contributed by atoms with Crippen LogP contribution in [0.1, 0.15) is 32.6 Å². The lowest BCUT2D eigenvalue weighted by atomic mass is 10.1. The van der Waals surface area contributed by atoms with Gasteiger partial charge in [-0.2, -0.15) is 0 Å². The molecule has 0 spiro atoms. The number of hydrogen-bond donors (Lipinski definition) is 2. The quantitative estimate of drug-likeness (QED) is 0.649. The lowest BCUT2D eigenvalue weighted by Crippen LogP contribution is -2.41. The highest BCUT2D eigenvalue weighted by molar-refractivity contribution is 6.30. The topological polar surface area (TPSA) is 59.6 Å². The molecule has 3 fully saturated rings. The molecule has 0 saturated heterocycles. The highest BCUT2D eigenvalue weighted by Gasteiger charge is 2.54. The van der Waals surface area contributed by atoms with Crippen LogP contribution in [-0.4, -0.2) is 43.4 Å². The van der Waals surface area contributed by atoms with Crippen molar-refractivity contribution < 1.29 is 14.3 Å². The third kappa shape index (κ3) is 4.51. The molecule has 4 rings (SSSR count). The summed E-state index contributed by atoms with van der Waals surface area (Å²) in [4.78, 5) is 12.2. The second-order valence-corrected chi connectivity index (χ2v) is 8.51. The van der Waals surface area contributed by atoms with Crippen molar-refractivity contribution in [3.8, 4) is 5.75 Å². The summed E-state index contributed by atoms with van der Waals surface area (Å²) < 4.78 is 11.4. The Morgan fingerprint density at radius 2 is 1.92 bits per heavy atom. The zero-order chi connectivity index (χ0) is 18.1. The van der Waals surface area contributed by atoms with E-state index in [1.165, 1.54) is 19.3 Å². The van der Waals surface area contributed by atoms with Crippen molar-refractivity contribution in [1.82, 2.24) is 10.6 Å². The molecule has 0 aliphatic heterocycles. The van der Waals surface area contributed by atoms with Gasteiger partial charge in [0.25, 0.3) is 5.91 Å². The van der Waals surface area contributed by atoms with Crippen LogP contribution >= 0.6 is 11.6 Å². The molecule has 6 heteroatoms. The molecule has 3 saturated carbocycles. The number of carbonyl (C=O) groups is 1. The van der Waals surface area contributed by atoms with Gasteiger partial charge in [-0.05, 0) is 68.7 Å². The molecule has 1 aromatic carbocycles. The monoisotopic (exact) mass is 378 g/mol. The summed E-state index contributed by atoms with van der Waals surface area (Å²) in [7, 11) is 0. The van der Waals surface area contributed by atoms with Crippen molar-refractivity contribution in [2.45, 2.75) is 50.3 Å². The van der Waals surface area contributed by atoms with Gasteiger partial charge in [0, 0.05) is 23.7 Å². The molecule has 2 unspecified atom stereocenters. The summed E-state index contributed by atoms with van der Waals surface area (Å²) in [5, 5.41) is 7.42. The van der Waals surface area contributed by atoms with Gasteiger partial charge >= 0.3 is 0 Å². The van der Waals surface area contributed by atoms with Gasteiger partial charge in [-0.1, -0.05) is 11.6 Å². The molecule has 5 nitrogen and oxygen atoms in total. The van der Waals surface area contributed by atoms with Crippen LogP contribution < -0.4 is 15.4 Å². The summed E-state index contributed by atoms with van der Waals surface area (Å²) in [6.07, 6.45) is 4.58. The van der Waals surface area contributed by atoms with Crippen molar-refractivity contribution in [1.29, 1.82) is 0 Å². The predicted molar refractivity (Wildman–Crippen MR) is 100 cm³/mol. The van der Waals surface area contributed by atoms with E-state index in [1.807, 2.05) is 0 Å². The Labute approximate surface area is 159 Å². The van der Waals surface area contributed by atoms with E-state index in [9.17, 15) is 4.79 Å². The first kappa shape index (κ1) is 18.1. The largest absolute Gasteiger partial charge is 0.484 e. The number of fused-ring (bicyclic) bond motifs is 1. The van der Waals surface area contributed by atoms with E-state index in [2.05, 4.69) is 17.6 Å². The molecule has 2 N–H and O–H groups in total. The fourth-order valence-electron chi connectivity index (χ4n) is 3.98. The fraction of sp³-hybridized carbons (Fsp3) is 0.650. The smallest absolute Gasteiger partial charge is 0.258 e. The van der Waals surface area contributed by atoms with Crippen LogP contribution in [0.5, 0.6) is 5.75 Å². The van der Waals surface area contributed by atoms with E-state index >= 15 is 0 Å². The van der Waals surface area contributed by atoms with Gasteiger partial charge in [0.1, 0.15) is 5.75 Å². The minimum absolute atomic E-state index is 0.0417. The average molecular weight is 379 g/mol. The Balaban J connectivity index is 1.15. The molecule has 26 heavy (non-hydrogen) atoms. The summed E-state index contributed by atoms with van der Waals surface area (Å²) in [5.74, 6) is 1.92. The number of hydrogen-bond acceptors (Lipinski definition) is 4. The molecular weight excluding hydrogens is 352 g/mol. The maximum absolute atomic E-state index is 12.2. The first-order chi connectivity index (χ1) is 12.5. The van der Waals surface area contributed by atoms with Gasteiger partial charge in [-0.3, -0.25) is 4.79 Å². The number of halogens is 1. The van der Waals surface area contributed by atoms with Crippen LogP contribution in [0.25, 0.3) is 0 Å².